The van der Waals surface area contributed by atoms with Gasteiger partial charge in [0.2, 0.25) is 0 Å². The van der Waals surface area contributed by atoms with Crippen molar-refractivity contribution >= 4 is 0 Å². The Morgan fingerprint density at radius 1 is 0.559 bits per heavy atom. The van der Waals surface area contributed by atoms with Crippen molar-refractivity contribution in [2.24, 2.45) is 11.8 Å². The third-order valence-corrected chi connectivity index (χ3v) is 6.93. The zero-order valence-corrected chi connectivity index (χ0v) is 23.5. The largest absolute Gasteiger partial charge is 0.381 e. The van der Waals surface area contributed by atoms with Gasteiger partial charge in [0, 0.05) is 38.5 Å². The zero-order chi connectivity index (χ0) is 25.0. The van der Waals surface area contributed by atoms with Crippen molar-refractivity contribution in [3.63, 3.8) is 0 Å². The molecule has 0 aliphatic carbocycles. The lowest BCUT2D eigenvalue weighted by Crippen LogP contribution is -2.39. The standard InChI is InChI=1S/2C5H11N.2C5H10O.C4H9N.C4H8O/c1-5-2-3-6-4-5;1-5-3-2-4-6-5;1-5-2-3-6-4-5;1-5-3-2-4-6-5;2*1-4-2-3-5-4/h2*5-6H,2-4H2,1H3;2*5H,2-4H2,1H3;4-5H,2-3H2,1H3;4H,2-3H2,1H3/t4*5-;2*4-/m111111/s1. The predicted molar refractivity (Wildman–Crippen MR) is 145 cm³/mol. The van der Waals surface area contributed by atoms with Crippen LogP contribution in [0.4, 0.5) is 0 Å². The Bertz CT molecular complexity index is 355. The summed E-state index contributed by atoms with van der Waals surface area (Å²) in [7, 11) is 0. The topological polar surface area (TPSA) is 63.8 Å². The van der Waals surface area contributed by atoms with E-state index in [-0.39, 0.29) is 0 Å². The smallest absolute Gasteiger partial charge is 0.0568 e. The molecule has 0 aromatic heterocycles. The summed E-state index contributed by atoms with van der Waals surface area (Å²) < 4.78 is 15.1. The van der Waals surface area contributed by atoms with Gasteiger partial charge in [-0.15, -0.1) is 0 Å². The predicted octanol–water partition coefficient (Wildman–Crippen LogP) is 4.77. The summed E-state index contributed by atoms with van der Waals surface area (Å²) in [4.78, 5) is 0. The Morgan fingerprint density at radius 2 is 1.21 bits per heavy atom. The molecule has 0 amide bonds. The molecule has 6 aliphatic rings. The maximum Gasteiger partial charge on any atom is 0.0568 e. The molecule has 0 saturated carbocycles. The van der Waals surface area contributed by atoms with Crippen molar-refractivity contribution < 1.29 is 14.2 Å². The molecule has 204 valence electrons. The summed E-state index contributed by atoms with van der Waals surface area (Å²) in [5.41, 5.74) is 0. The van der Waals surface area contributed by atoms with E-state index in [1.807, 2.05) is 0 Å². The molecule has 34 heavy (non-hydrogen) atoms. The molecule has 6 nitrogen and oxygen atoms in total. The normalized spacial score (nSPS) is 35.1. The van der Waals surface area contributed by atoms with Crippen molar-refractivity contribution in [3.8, 4) is 0 Å². The average molecular weight is 486 g/mol. The second-order valence-corrected chi connectivity index (χ2v) is 11.0. The van der Waals surface area contributed by atoms with E-state index in [2.05, 4.69) is 57.5 Å². The van der Waals surface area contributed by atoms with Crippen molar-refractivity contribution in [3.05, 3.63) is 0 Å². The van der Waals surface area contributed by atoms with E-state index in [1.165, 1.54) is 77.5 Å². The highest BCUT2D eigenvalue weighted by Gasteiger charge is 2.10. The van der Waals surface area contributed by atoms with Gasteiger partial charge in [-0.2, -0.15) is 0 Å². The molecular weight excluding hydrogens is 426 g/mol. The molecule has 0 spiro atoms. The molecular formula is C28H59N3O3. The van der Waals surface area contributed by atoms with E-state index < -0.39 is 0 Å². The summed E-state index contributed by atoms with van der Waals surface area (Å²) in [6, 6.07) is 1.61. The Labute approximate surface area is 212 Å². The number of hydrogen-bond donors (Lipinski definition) is 3. The van der Waals surface area contributed by atoms with Crippen LogP contribution < -0.4 is 16.0 Å². The van der Waals surface area contributed by atoms with Gasteiger partial charge < -0.3 is 30.2 Å². The highest BCUT2D eigenvalue weighted by Crippen LogP contribution is 2.10. The highest BCUT2D eigenvalue weighted by molar-refractivity contribution is 4.70. The van der Waals surface area contributed by atoms with Gasteiger partial charge in [0.25, 0.3) is 0 Å². The van der Waals surface area contributed by atoms with Crippen LogP contribution in [-0.2, 0) is 14.2 Å². The van der Waals surface area contributed by atoms with Gasteiger partial charge in [0.1, 0.15) is 0 Å². The molecule has 3 N–H and O–H groups in total. The second kappa shape index (κ2) is 20.9. The van der Waals surface area contributed by atoms with Crippen molar-refractivity contribution in [2.45, 2.75) is 117 Å². The van der Waals surface area contributed by atoms with Gasteiger partial charge in [0.15, 0.2) is 0 Å². The van der Waals surface area contributed by atoms with Crippen LogP contribution in [0.1, 0.15) is 92.9 Å². The van der Waals surface area contributed by atoms with Crippen LogP contribution in [-0.4, -0.2) is 76.9 Å². The molecule has 0 unspecified atom stereocenters. The maximum absolute atomic E-state index is 5.15. The summed E-state index contributed by atoms with van der Waals surface area (Å²) in [5.74, 6) is 1.76. The van der Waals surface area contributed by atoms with E-state index in [0.29, 0.717) is 12.2 Å². The van der Waals surface area contributed by atoms with E-state index in [9.17, 15) is 0 Å². The van der Waals surface area contributed by atoms with Gasteiger partial charge in [0.05, 0.1) is 12.2 Å². The lowest BCUT2D eigenvalue weighted by atomic mass is 10.1. The van der Waals surface area contributed by atoms with E-state index >= 15 is 0 Å². The van der Waals surface area contributed by atoms with Crippen LogP contribution in [0.3, 0.4) is 0 Å². The van der Waals surface area contributed by atoms with Crippen LogP contribution in [0.25, 0.3) is 0 Å². The Kier molecular flexibility index (Phi) is 19.5. The fraction of sp³-hybridized carbons (Fsp3) is 1.00. The fourth-order valence-electron chi connectivity index (χ4n) is 3.84. The van der Waals surface area contributed by atoms with Crippen LogP contribution in [0, 0.1) is 11.8 Å². The molecule has 6 heteroatoms. The van der Waals surface area contributed by atoms with Gasteiger partial charge in [-0.1, -0.05) is 13.8 Å². The summed E-state index contributed by atoms with van der Waals surface area (Å²) >= 11 is 0. The minimum atomic E-state index is 0.546. The van der Waals surface area contributed by atoms with Gasteiger partial charge in [-0.05, 0) is 117 Å². The highest BCUT2D eigenvalue weighted by atomic mass is 16.5. The molecule has 0 bridgehead atoms. The third kappa shape index (κ3) is 19.0. The Balaban J connectivity index is 0.000000204. The maximum atomic E-state index is 5.15. The molecule has 0 aromatic rings. The lowest BCUT2D eigenvalue weighted by Gasteiger charge is -2.22. The SMILES string of the molecule is C[C@@H]1CCCN1.C[C@@H]1CCCO1.C[C@@H]1CCN1.C[C@@H]1CCNC1.C[C@@H]1CCO1.C[C@@H]1CCOC1. The Hall–Kier alpha value is -0.240. The molecule has 6 atom stereocenters. The average Bonchev–Trinajstić information content (AvgIpc) is 3.59. The number of hydrogen-bond acceptors (Lipinski definition) is 6. The van der Waals surface area contributed by atoms with Crippen LogP contribution in [0.2, 0.25) is 0 Å². The number of nitrogens with one attached hydrogen (secondary N) is 3. The van der Waals surface area contributed by atoms with Crippen LogP contribution in [0.5, 0.6) is 0 Å². The molecule has 6 saturated heterocycles. The quantitative estimate of drug-likeness (QED) is 0.460. The summed E-state index contributed by atoms with van der Waals surface area (Å²) in [6.07, 6.45) is 11.7. The van der Waals surface area contributed by atoms with Crippen molar-refractivity contribution in [1.29, 1.82) is 0 Å². The first-order chi connectivity index (χ1) is 16.4. The minimum absolute atomic E-state index is 0.546. The first-order valence-electron chi connectivity index (χ1n) is 14.3. The van der Waals surface area contributed by atoms with Gasteiger partial charge >= 0.3 is 0 Å². The minimum Gasteiger partial charge on any atom is -0.381 e. The van der Waals surface area contributed by atoms with E-state index in [1.54, 1.807) is 0 Å². The molecule has 6 rings (SSSR count). The number of rotatable bonds is 0. The van der Waals surface area contributed by atoms with Crippen LogP contribution in [0.15, 0.2) is 0 Å². The van der Waals surface area contributed by atoms with Crippen molar-refractivity contribution in [1.82, 2.24) is 16.0 Å². The molecule has 6 fully saturated rings. The molecule has 0 radical (unpaired) electrons. The Morgan fingerprint density at radius 3 is 1.32 bits per heavy atom. The number of ether oxygens (including phenoxy) is 3. The van der Waals surface area contributed by atoms with E-state index in [4.69, 9.17) is 14.2 Å². The fourth-order valence-corrected chi connectivity index (χ4v) is 3.84. The molecule has 0 aromatic carbocycles. The van der Waals surface area contributed by atoms with Gasteiger partial charge in [-0.25, -0.2) is 0 Å². The van der Waals surface area contributed by atoms with Gasteiger partial charge in [-0.3, -0.25) is 0 Å². The molecule has 6 heterocycles. The molecule has 6 aliphatic heterocycles. The zero-order valence-electron chi connectivity index (χ0n) is 23.5. The summed E-state index contributed by atoms with van der Waals surface area (Å²) in [6.45, 7) is 22.0. The summed E-state index contributed by atoms with van der Waals surface area (Å²) in [5, 5.41) is 9.80. The van der Waals surface area contributed by atoms with Crippen molar-refractivity contribution in [2.75, 3.05) is 52.6 Å². The third-order valence-electron chi connectivity index (χ3n) is 6.93. The lowest BCUT2D eigenvalue weighted by molar-refractivity contribution is -0.0375. The van der Waals surface area contributed by atoms with E-state index in [0.717, 1.165) is 50.3 Å². The first-order valence-corrected chi connectivity index (χ1v) is 14.3. The van der Waals surface area contributed by atoms with Crippen LogP contribution >= 0.6 is 0 Å². The first kappa shape index (κ1) is 31.8. The monoisotopic (exact) mass is 485 g/mol. The second-order valence-electron chi connectivity index (χ2n) is 11.0.